The summed E-state index contributed by atoms with van der Waals surface area (Å²) in [4.78, 5) is 0. The highest BCUT2D eigenvalue weighted by atomic mass is 35.5. The highest BCUT2D eigenvalue weighted by Crippen LogP contribution is 2.52. The Balaban J connectivity index is 1.85. The molecule has 0 N–H and O–H groups in total. The number of halogens is 1. The van der Waals surface area contributed by atoms with E-state index < -0.39 is 0 Å². The van der Waals surface area contributed by atoms with Gasteiger partial charge in [-0.25, -0.2) is 0 Å². The van der Waals surface area contributed by atoms with E-state index in [4.69, 9.17) is 16.2 Å². The first-order chi connectivity index (χ1) is 8.85. The van der Waals surface area contributed by atoms with E-state index in [1.165, 1.54) is 12.8 Å². The average Bonchev–Trinajstić information content (AvgIpc) is 3.12. The zero-order chi connectivity index (χ0) is 12.4. The van der Waals surface area contributed by atoms with Gasteiger partial charge in [0, 0.05) is 11.8 Å². The van der Waals surface area contributed by atoms with E-state index >= 15 is 0 Å². The molecule has 0 radical (unpaired) electrons. The van der Waals surface area contributed by atoms with Crippen molar-refractivity contribution in [3.8, 4) is 0 Å². The quantitative estimate of drug-likeness (QED) is 0.724. The molecule has 0 spiro atoms. The molecule has 0 heterocycles. The van der Waals surface area contributed by atoms with Crippen molar-refractivity contribution in [1.29, 1.82) is 0 Å². The third kappa shape index (κ3) is 2.00. The molecule has 0 aromatic carbocycles. The van der Waals surface area contributed by atoms with Gasteiger partial charge in [0.1, 0.15) is 0 Å². The van der Waals surface area contributed by atoms with Crippen molar-refractivity contribution < 1.29 is 4.29 Å². The van der Waals surface area contributed by atoms with Crippen LogP contribution in [0.1, 0.15) is 25.7 Å². The first-order valence-corrected chi connectivity index (χ1v) is 7.13. The van der Waals surface area contributed by atoms with Crippen LogP contribution in [0.25, 0.3) is 0 Å². The maximum absolute atomic E-state index is 5.54. The normalized spacial score (nSPS) is 27.6. The Hall–Kier alpha value is -0.790. The molecule has 96 valence electrons. The molecule has 3 rings (SSSR count). The molecule has 0 aromatic heterocycles. The highest BCUT2D eigenvalue weighted by Gasteiger charge is 2.45. The molecule has 2 heteroatoms. The first kappa shape index (κ1) is 12.3. The standard InChI is InChI=1S/C16H19ClO/c17-18-15-9-11-16(12-10-15,13-5-1-2-6-13)14-7-3-4-8-14/h1-8,13-15H,9-12H2. The van der Waals surface area contributed by atoms with Crippen LogP contribution in [-0.2, 0) is 4.29 Å². The van der Waals surface area contributed by atoms with E-state index in [0.29, 0.717) is 17.3 Å². The minimum atomic E-state index is 0.239. The molecule has 3 aliphatic rings. The molecule has 0 bridgehead atoms. The molecule has 0 atom stereocenters. The third-order valence-corrected chi connectivity index (χ3v) is 5.07. The number of allylic oxidation sites excluding steroid dienone is 8. The van der Waals surface area contributed by atoms with E-state index in [2.05, 4.69) is 48.6 Å². The maximum atomic E-state index is 5.54. The van der Waals surface area contributed by atoms with Crippen molar-refractivity contribution in [3.63, 3.8) is 0 Å². The van der Waals surface area contributed by atoms with E-state index in [1.54, 1.807) is 0 Å². The predicted octanol–water partition coefficient (Wildman–Crippen LogP) is 4.57. The molecular weight excluding hydrogens is 244 g/mol. The maximum Gasteiger partial charge on any atom is 0.0791 e. The third-order valence-electron chi connectivity index (χ3n) is 4.81. The van der Waals surface area contributed by atoms with Crippen molar-refractivity contribution >= 4 is 11.9 Å². The van der Waals surface area contributed by atoms with Crippen LogP contribution in [-0.4, -0.2) is 6.10 Å². The van der Waals surface area contributed by atoms with Crippen LogP contribution in [0.4, 0.5) is 0 Å². The van der Waals surface area contributed by atoms with Gasteiger partial charge in [-0.2, -0.15) is 0 Å². The van der Waals surface area contributed by atoms with Gasteiger partial charge in [0.05, 0.1) is 18.0 Å². The zero-order valence-corrected chi connectivity index (χ0v) is 11.2. The molecule has 1 saturated carbocycles. The molecule has 0 aromatic rings. The Labute approximate surface area is 114 Å². The van der Waals surface area contributed by atoms with Crippen LogP contribution >= 0.6 is 11.9 Å². The second-order valence-corrected chi connectivity index (χ2v) is 5.79. The summed E-state index contributed by atoms with van der Waals surface area (Å²) in [6.45, 7) is 0. The van der Waals surface area contributed by atoms with E-state index in [-0.39, 0.29) is 6.10 Å². The molecule has 1 nitrogen and oxygen atoms in total. The predicted molar refractivity (Wildman–Crippen MR) is 75.2 cm³/mol. The lowest BCUT2D eigenvalue weighted by Gasteiger charge is -2.46. The van der Waals surface area contributed by atoms with Crippen LogP contribution in [0.15, 0.2) is 48.6 Å². The van der Waals surface area contributed by atoms with Crippen molar-refractivity contribution in [1.82, 2.24) is 0 Å². The Kier molecular flexibility index (Phi) is 3.45. The SMILES string of the molecule is ClOC1CCC(C2C=CC=C2)(C2C=CC=C2)CC1. The Morgan fingerprint density at radius 2 is 1.28 bits per heavy atom. The fourth-order valence-corrected chi connectivity index (χ4v) is 3.92. The molecule has 1 fully saturated rings. The fourth-order valence-electron chi connectivity index (χ4n) is 3.74. The second kappa shape index (κ2) is 5.07. The average molecular weight is 263 g/mol. The summed E-state index contributed by atoms with van der Waals surface area (Å²) in [5.74, 6) is 1.12. The van der Waals surface area contributed by atoms with Crippen LogP contribution in [0.3, 0.4) is 0 Å². The number of hydrogen-bond acceptors (Lipinski definition) is 1. The van der Waals surface area contributed by atoms with Crippen molar-refractivity contribution in [2.45, 2.75) is 31.8 Å². The summed E-state index contributed by atoms with van der Waals surface area (Å²) in [6.07, 6.45) is 22.9. The summed E-state index contributed by atoms with van der Waals surface area (Å²) < 4.78 is 5.01. The highest BCUT2D eigenvalue weighted by molar-refractivity contribution is 6.07. The minimum Gasteiger partial charge on any atom is -0.276 e. The van der Waals surface area contributed by atoms with Crippen LogP contribution < -0.4 is 0 Å². The Bertz CT molecular complexity index is 357. The van der Waals surface area contributed by atoms with Crippen LogP contribution in [0, 0.1) is 17.3 Å². The topological polar surface area (TPSA) is 9.23 Å². The lowest BCUT2D eigenvalue weighted by Crippen LogP contribution is -2.39. The molecule has 0 unspecified atom stereocenters. The van der Waals surface area contributed by atoms with Crippen LogP contribution in [0.5, 0.6) is 0 Å². The molecule has 18 heavy (non-hydrogen) atoms. The summed E-state index contributed by atoms with van der Waals surface area (Å²) >= 11 is 5.54. The van der Waals surface area contributed by atoms with Gasteiger partial charge in [-0.05, 0) is 31.1 Å². The molecule has 0 saturated heterocycles. The molecule has 0 aliphatic heterocycles. The lowest BCUT2D eigenvalue weighted by atomic mass is 9.59. The van der Waals surface area contributed by atoms with E-state index in [0.717, 1.165) is 12.8 Å². The first-order valence-electron chi connectivity index (χ1n) is 6.82. The summed E-state index contributed by atoms with van der Waals surface area (Å²) in [7, 11) is 0. The molecule has 0 amide bonds. The second-order valence-electron chi connectivity index (χ2n) is 5.61. The summed E-state index contributed by atoms with van der Waals surface area (Å²) in [5, 5.41) is 0. The van der Waals surface area contributed by atoms with Crippen molar-refractivity contribution in [2.75, 3.05) is 0 Å². The van der Waals surface area contributed by atoms with Gasteiger partial charge in [-0.1, -0.05) is 48.6 Å². The van der Waals surface area contributed by atoms with Gasteiger partial charge >= 0.3 is 0 Å². The van der Waals surface area contributed by atoms with E-state index in [1.807, 2.05) is 0 Å². The monoisotopic (exact) mass is 262 g/mol. The zero-order valence-electron chi connectivity index (χ0n) is 10.5. The number of hydrogen-bond donors (Lipinski definition) is 0. The summed E-state index contributed by atoms with van der Waals surface area (Å²) in [6, 6.07) is 0. The lowest BCUT2D eigenvalue weighted by molar-refractivity contribution is 0.0498. The Morgan fingerprint density at radius 1 is 0.833 bits per heavy atom. The smallest absolute Gasteiger partial charge is 0.0791 e. The van der Waals surface area contributed by atoms with Crippen molar-refractivity contribution in [3.05, 3.63) is 48.6 Å². The minimum absolute atomic E-state index is 0.239. The van der Waals surface area contributed by atoms with Crippen LogP contribution in [0.2, 0.25) is 0 Å². The van der Waals surface area contributed by atoms with Crippen molar-refractivity contribution in [2.24, 2.45) is 17.3 Å². The molecule has 3 aliphatic carbocycles. The van der Waals surface area contributed by atoms with Gasteiger partial charge in [0.2, 0.25) is 0 Å². The largest absolute Gasteiger partial charge is 0.276 e. The van der Waals surface area contributed by atoms with Gasteiger partial charge in [-0.3, -0.25) is 4.29 Å². The molecular formula is C16H19ClO. The number of rotatable bonds is 3. The van der Waals surface area contributed by atoms with E-state index in [9.17, 15) is 0 Å². The van der Waals surface area contributed by atoms with Gasteiger partial charge in [0.25, 0.3) is 0 Å². The van der Waals surface area contributed by atoms with Gasteiger partial charge < -0.3 is 0 Å². The van der Waals surface area contributed by atoms with Gasteiger partial charge in [-0.15, -0.1) is 0 Å². The Morgan fingerprint density at radius 3 is 1.67 bits per heavy atom. The fraction of sp³-hybridized carbons (Fsp3) is 0.500. The van der Waals surface area contributed by atoms with Gasteiger partial charge in [0.15, 0.2) is 0 Å². The summed E-state index contributed by atoms with van der Waals surface area (Å²) in [5.41, 5.74) is 0.332.